The van der Waals surface area contributed by atoms with E-state index in [4.69, 9.17) is 9.47 Å². The number of hydrogen-bond donors (Lipinski definition) is 0. The fourth-order valence-electron chi connectivity index (χ4n) is 3.00. The molecule has 2 aromatic rings. The first-order chi connectivity index (χ1) is 15.0. The molecule has 0 aliphatic carbocycles. The molecule has 0 amide bonds. The fraction of sp³-hybridized carbons (Fsp3) is 0.429. The number of carbonyl (C=O) groups excluding carboxylic acids is 2. The van der Waals surface area contributed by atoms with Crippen LogP contribution in [0.5, 0.6) is 0 Å². The van der Waals surface area contributed by atoms with E-state index < -0.39 is 0 Å². The summed E-state index contributed by atoms with van der Waals surface area (Å²) in [7, 11) is 0. The van der Waals surface area contributed by atoms with E-state index >= 15 is 0 Å². The van der Waals surface area contributed by atoms with Gasteiger partial charge in [-0.15, -0.1) is 0 Å². The van der Waals surface area contributed by atoms with Gasteiger partial charge in [-0.2, -0.15) is 0 Å². The van der Waals surface area contributed by atoms with Crippen LogP contribution in [-0.4, -0.2) is 24.8 Å². The molecule has 0 fully saturated rings. The highest BCUT2D eigenvalue weighted by molar-refractivity contribution is 6.00. The van der Waals surface area contributed by atoms with Crippen LogP contribution in [0.4, 0.5) is 0 Å². The van der Waals surface area contributed by atoms with Crippen molar-refractivity contribution in [3.05, 3.63) is 82.9 Å². The first kappa shape index (κ1) is 25.7. The summed E-state index contributed by atoms with van der Waals surface area (Å²) in [6.07, 6.45) is 3.87. The van der Waals surface area contributed by atoms with Crippen LogP contribution in [0.1, 0.15) is 73.4 Å². The largest absolute Gasteiger partial charge is 0.373 e. The SMILES string of the molecule is CC(C)(C)C(=O)c1ccc(COC/C=C\COCc2ccc(C(=O)C(C)(C)C)cc2)cc1. The average Bonchev–Trinajstić information content (AvgIpc) is 2.74. The van der Waals surface area contributed by atoms with E-state index in [1.54, 1.807) is 0 Å². The lowest BCUT2D eigenvalue weighted by atomic mass is 9.86. The second-order valence-corrected chi connectivity index (χ2v) is 10.1. The number of hydrogen-bond acceptors (Lipinski definition) is 4. The minimum absolute atomic E-state index is 0.141. The molecule has 4 heteroatoms. The minimum atomic E-state index is -0.375. The van der Waals surface area contributed by atoms with Gasteiger partial charge in [0.1, 0.15) is 0 Å². The van der Waals surface area contributed by atoms with Gasteiger partial charge in [-0.05, 0) is 11.1 Å². The van der Waals surface area contributed by atoms with Crippen molar-refractivity contribution in [2.24, 2.45) is 10.8 Å². The molecule has 0 saturated carbocycles. The number of benzene rings is 2. The Morgan fingerprint density at radius 1 is 0.625 bits per heavy atom. The standard InChI is InChI=1S/C28H36O4/c1-27(2,3)25(29)23-13-9-21(10-14-23)19-31-17-7-8-18-32-20-22-11-15-24(16-12-22)26(30)28(4,5)6/h7-16H,17-20H2,1-6H3/b8-7-. The highest BCUT2D eigenvalue weighted by Crippen LogP contribution is 2.22. The molecule has 0 heterocycles. The molecule has 172 valence electrons. The van der Waals surface area contributed by atoms with Gasteiger partial charge < -0.3 is 9.47 Å². The van der Waals surface area contributed by atoms with Crippen molar-refractivity contribution in [1.29, 1.82) is 0 Å². The van der Waals surface area contributed by atoms with E-state index in [-0.39, 0.29) is 22.4 Å². The summed E-state index contributed by atoms with van der Waals surface area (Å²) >= 11 is 0. The van der Waals surface area contributed by atoms with Gasteiger partial charge in [-0.25, -0.2) is 0 Å². The van der Waals surface area contributed by atoms with E-state index in [1.165, 1.54) is 0 Å². The molecule has 0 aliphatic rings. The van der Waals surface area contributed by atoms with Crippen molar-refractivity contribution in [1.82, 2.24) is 0 Å². The van der Waals surface area contributed by atoms with Crippen LogP contribution >= 0.6 is 0 Å². The molecule has 32 heavy (non-hydrogen) atoms. The molecular formula is C28H36O4. The molecule has 2 rings (SSSR count). The zero-order valence-corrected chi connectivity index (χ0v) is 20.2. The lowest BCUT2D eigenvalue weighted by Crippen LogP contribution is -2.20. The summed E-state index contributed by atoms with van der Waals surface area (Å²) in [4.78, 5) is 24.5. The maximum absolute atomic E-state index is 12.3. The Balaban J connectivity index is 1.65. The fourth-order valence-corrected chi connectivity index (χ4v) is 3.00. The Bertz CT molecular complexity index is 830. The van der Waals surface area contributed by atoms with Gasteiger partial charge >= 0.3 is 0 Å². The minimum Gasteiger partial charge on any atom is -0.373 e. The second-order valence-electron chi connectivity index (χ2n) is 10.1. The maximum Gasteiger partial charge on any atom is 0.168 e. The van der Waals surface area contributed by atoms with Crippen molar-refractivity contribution in [2.45, 2.75) is 54.8 Å². The van der Waals surface area contributed by atoms with Crippen molar-refractivity contribution >= 4 is 11.6 Å². The topological polar surface area (TPSA) is 52.6 Å². The summed E-state index contributed by atoms with van der Waals surface area (Å²) in [6.45, 7) is 13.5. The predicted molar refractivity (Wildman–Crippen MR) is 129 cm³/mol. The summed E-state index contributed by atoms with van der Waals surface area (Å²) in [5.74, 6) is 0.282. The van der Waals surface area contributed by atoms with Crippen LogP contribution in [0, 0.1) is 10.8 Å². The van der Waals surface area contributed by atoms with Gasteiger partial charge in [-0.1, -0.05) is 102 Å². The Kier molecular flexibility index (Phi) is 9.11. The highest BCUT2D eigenvalue weighted by atomic mass is 16.5. The van der Waals surface area contributed by atoms with Crippen LogP contribution in [0.15, 0.2) is 60.7 Å². The molecule has 0 saturated heterocycles. The number of ether oxygens (including phenoxy) is 2. The van der Waals surface area contributed by atoms with Gasteiger partial charge in [0, 0.05) is 22.0 Å². The van der Waals surface area contributed by atoms with Gasteiger partial charge in [0.15, 0.2) is 11.6 Å². The van der Waals surface area contributed by atoms with Crippen LogP contribution < -0.4 is 0 Å². The normalized spacial score (nSPS) is 12.3. The third-order valence-corrected chi connectivity index (χ3v) is 4.93. The van der Waals surface area contributed by atoms with Crippen molar-refractivity contribution in [3.8, 4) is 0 Å². The van der Waals surface area contributed by atoms with Crippen molar-refractivity contribution in [2.75, 3.05) is 13.2 Å². The summed E-state index contributed by atoms with van der Waals surface area (Å²) in [6, 6.07) is 15.2. The first-order valence-corrected chi connectivity index (χ1v) is 11.1. The molecule has 0 N–H and O–H groups in total. The van der Waals surface area contributed by atoms with Gasteiger partial charge in [0.05, 0.1) is 26.4 Å². The maximum atomic E-state index is 12.3. The summed E-state index contributed by atoms with van der Waals surface area (Å²) < 4.78 is 11.3. The van der Waals surface area contributed by atoms with E-state index in [2.05, 4.69) is 0 Å². The molecule has 0 spiro atoms. The zero-order chi connectivity index (χ0) is 23.8. The van der Waals surface area contributed by atoms with Crippen molar-refractivity contribution < 1.29 is 19.1 Å². The van der Waals surface area contributed by atoms with E-state index in [9.17, 15) is 9.59 Å². The molecule has 0 unspecified atom stereocenters. The van der Waals surface area contributed by atoms with Crippen molar-refractivity contribution in [3.63, 3.8) is 0 Å². The van der Waals surface area contributed by atoms with E-state index in [0.29, 0.717) is 26.4 Å². The number of Topliss-reactive ketones (excluding diaryl/α,β-unsaturated/α-hetero) is 2. The summed E-state index contributed by atoms with van der Waals surface area (Å²) in [5.41, 5.74) is 2.78. The van der Waals surface area contributed by atoms with E-state index in [1.807, 2.05) is 102 Å². The predicted octanol–water partition coefficient (Wildman–Crippen LogP) is 6.43. The van der Waals surface area contributed by atoms with Gasteiger partial charge in [0.25, 0.3) is 0 Å². The van der Waals surface area contributed by atoms with E-state index in [0.717, 1.165) is 22.3 Å². The molecule has 0 atom stereocenters. The van der Waals surface area contributed by atoms with Gasteiger partial charge in [0.2, 0.25) is 0 Å². The zero-order valence-electron chi connectivity index (χ0n) is 20.2. The van der Waals surface area contributed by atoms with Crippen LogP contribution in [0.3, 0.4) is 0 Å². The first-order valence-electron chi connectivity index (χ1n) is 11.1. The smallest absolute Gasteiger partial charge is 0.168 e. The monoisotopic (exact) mass is 436 g/mol. The lowest BCUT2D eigenvalue weighted by Gasteiger charge is -2.16. The van der Waals surface area contributed by atoms with Crippen LogP contribution in [-0.2, 0) is 22.7 Å². The third-order valence-electron chi connectivity index (χ3n) is 4.93. The molecule has 0 radical (unpaired) electrons. The Labute approximate surface area is 192 Å². The Morgan fingerprint density at radius 3 is 1.22 bits per heavy atom. The Hall–Kier alpha value is -2.56. The molecular weight excluding hydrogens is 400 g/mol. The molecule has 0 bridgehead atoms. The average molecular weight is 437 g/mol. The molecule has 0 aromatic heterocycles. The second kappa shape index (κ2) is 11.3. The van der Waals surface area contributed by atoms with Crippen LogP contribution in [0.25, 0.3) is 0 Å². The van der Waals surface area contributed by atoms with Crippen LogP contribution in [0.2, 0.25) is 0 Å². The number of rotatable bonds is 10. The third kappa shape index (κ3) is 8.18. The lowest BCUT2D eigenvalue weighted by molar-refractivity contribution is 0.0852. The Morgan fingerprint density at radius 2 is 0.938 bits per heavy atom. The summed E-state index contributed by atoms with van der Waals surface area (Å²) in [5, 5.41) is 0. The highest BCUT2D eigenvalue weighted by Gasteiger charge is 2.23. The number of carbonyl (C=O) groups is 2. The molecule has 2 aromatic carbocycles. The quantitative estimate of drug-likeness (QED) is 0.244. The molecule has 4 nitrogen and oxygen atoms in total. The van der Waals surface area contributed by atoms with Gasteiger partial charge in [-0.3, -0.25) is 9.59 Å². The molecule has 0 aliphatic heterocycles. The number of ketones is 2.